The molecule has 1 amide bonds. The lowest BCUT2D eigenvalue weighted by Crippen LogP contribution is -2.15. The van der Waals surface area contributed by atoms with E-state index in [1.54, 1.807) is 19.2 Å². The van der Waals surface area contributed by atoms with E-state index in [0.717, 1.165) is 22.6 Å². The number of amides is 1. The number of ether oxygens (including phenoxy) is 1. The van der Waals surface area contributed by atoms with Crippen LogP contribution < -0.4 is 15.4 Å². The van der Waals surface area contributed by atoms with Crippen molar-refractivity contribution in [3.63, 3.8) is 0 Å². The van der Waals surface area contributed by atoms with Crippen LogP contribution >= 0.6 is 0 Å². The van der Waals surface area contributed by atoms with Crippen LogP contribution in [0.2, 0.25) is 0 Å². The fraction of sp³-hybridized carbons (Fsp3) is 0.150. The second-order valence-electron chi connectivity index (χ2n) is 5.77. The van der Waals surface area contributed by atoms with E-state index in [4.69, 9.17) is 4.74 Å². The van der Waals surface area contributed by atoms with Gasteiger partial charge >= 0.3 is 0 Å². The van der Waals surface area contributed by atoms with E-state index in [2.05, 4.69) is 20.8 Å². The monoisotopic (exact) mass is 348 g/mol. The van der Waals surface area contributed by atoms with Gasteiger partial charge in [0.25, 0.3) is 5.91 Å². The van der Waals surface area contributed by atoms with Gasteiger partial charge in [-0.2, -0.15) is 0 Å². The molecular weight excluding hydrogens is 328 g/mol. The molecule has 2 aromatic carbocycles. The highest BCUT2D eigenvalue weighted by molar-refractivity contribution is 6.03. The Hall–Kier alpha value is -3.41. The number of carbonyl (C=O) groups excluding carboxylic acids is 1. The zero-order chi connectivity index (χ0) is 18.4. The number of nitrogens with one attached hydrogen (secondary N) is 2. The smallest absolute Gasteiger partial charge is 0.276 e. The molecule has 0 aliphatic rings. The third-order valence-corrected chi connectivity index (χ3v) is 3.92. The molecule has 132 valence electrons. The number of para-hydroxylation sites is 1. The Morgan fingerprint density at radius 3 is 2.42 bits per heavy atom. The normalized spacial score (nSPS) is 10.2. The van der Waals surface area contributed by atoms with Crippen molar-refractivity contribution in [3.8, 4) is 5.75 Å². The molecule has 26 heavy (non-hydrogen) atoms. The number of aryl methyl sites for hydroxylation is 1. The number of benzene rings is 2. The molecule has 6 heteroatoms. The molecule has 3 aromatic rings. The lowest BCUT2D eigenvalue weighted by Gasteiger charge is -2.08. The number of nitrogens with zero attached hydrogens (tertiary/aromatic N) is 2. The molecule has 2 N–H and O–H groups in total. The van der Waals surface area contributed by atoms with Gasteiger partial charge in [-0.3, -0.25) is 4.79 Å². The Bertz CT molecular complexity index is 877. The van der Waals surface area contributed by atoms with Crippen LogP contribution in [-0.4, -0.2) is 23.2 Å². The lowest BCUT2D eigenvalue weighted by molar-refractivity contribution is 0.102. The summed E-state index contributed by atoms with van der Waals surface area (Å²) in [6.07, 6.45) is 0. The van der Waals surface area contributed by atoms with Crippen LogP contribution in [-0.2, 0) is 6.54 Å². The van der Waals surface area contributed by atoms with Crippen LogP contribution in [0.3, 0.4) is 0 Å². The lowest BCUT2D eigenvalue weighted by atomic mass is 10.2. The zero-order valence-corrected chi connectivity index (χ0v) is 14.7. The van der Waals surface area contributed by atoms with Crippen LogP contribution in [0.5, 0.6) is 5.75 Å². The summed E-state index contributed by atoms with van der Waals surface area (Å²) in [4.78, 5) is 12.3. The topological polar surface area (TPSA) is 76.1 Å². The zero-order valence-electron chi connectivity index (χ0n) is 14.7. The van der Waals surface area contributed by atoms with E-state index < -0.39 is 0 Å². The first-order chi connectivity index (χ1) is 12.7. The van der Waals surface area contributed by atoms with E-state index in [9.17, 15) is 4.79 Å². The molecular formula is C20H20N4O2. The van der Waals surface area contributed by atoms with Crippen molar-refractivity contribution in [2.75, 3.05) is 17.7 Å². The SMILES string of the molecule is COc1ccc(CNc2ccc(C(=O)Nc3ccccc3C)nn2)cc1. The largest absolute Gasteiger partial charge is 0.497 e. The average molecular weight is 348 g/mol. The minimum atomic E-state index is -0.284. The van der Waals surface area contributed by atoms with Crippen molar-refractivity contribution in [3.05, 3.63) is 77.5 Å². The number of hydrogen-bond donors (Lipinski definition) is 2. The van der Waals surface area contributed by atoms with Crippen molar-refractivity contribution in [1.29, 1.82) is 0 Å². The quantitative estimate of drug-likeness (QED) is 0.711. The van der Waals surface area contributed by atoms with Crippen molar-refractivity contribution in [1.82, 2.24) is 10.2 Å². The molecule has 0 unspecified atom stereocenters. The van der Waals surface area contributed by atoms with Gasteiger partial charge in [0.1, 0.15) is 11.6 Å². The maximum atomic E-state index is 12.3. The van der Waals surface area contributed by atoms with Gasteiger partial charge in [0.15, 0.2) is 5.69 Å². The first kappa shape index (κ1) is 17.4. The third-order valence-electron chi connectivity index (χ3n) is 3.92. The molecule has 3 rings (SSSR count). The highest BCUT2D eigenvalue weighted by Crippen LogP contribution is 2.15. The van der Waals surface area contributed by atoms with Gasteiger partial charge in [-0.25, -0.2) is 0 Å². The number of carbonyl (C=O) groups is 1. The number of aromatic nitrogens is 2. The van der Waals surface area contributed by atoms with Gasteiger partial charge in [0.2, 0.25) is 0 Å². The summed E-state index contributed by atoms with van der Waals surface area (Å²) < 4.78 is 5.14. The maximum absolute atomic E-state index is 12.3. The number of rotatable bonds is 6. The highest BCUT2D eigenvalue weighted by Gasteiger charge is 2.09. The van der Waals surface area contributed by atoms with Crippen LogP contribution in [0.1, 0.15) is 21.6 Å². The predicted molar refractivity (Wildman–Crippen MR) is 101 cm³/mol. The van der Waals surface area contributed by atoms with Crippen molar-refractivity contribution < 1.29 is 9.53 Å². The van der Waals surface area contributed by atoms with Gasteiger partial charge < -0.3 is 15.4 Å². The summed E-state index contributed by atoms with van der Waals surface area (Å²) in [7, 11) is 1.64. The predicted octanol–water partition coefficient (Wildman–Crippen LogP) is 3.66. The number of methoxy groups -OCH3 is 1. The van der Waals surface area contributed by atoms with Crippen LogP contribution in [0, 0.1) is 6.92 Å². The molecule has 0 saturated carbocycles. The minimum absolute atomic E-state index is 0.267. The summed E-state index contributed by atoms with van der Waals surface area (Å²) in [5.41, 5.74) is 3.12. The van der Waals surface area contributed by atoms with Gasteiger partial charge in [0.05, 0.1) is 7.11 Å². The van der Waals surface area contributed by atoms with Crippen molar-refractivity contribution in [2.45, 2.75) is 13.5 Å². The van der Waals surface area contributed by atoms with Crippen LogP contribution in [0.25, 0.3) is 0 Å². The molecule has 0 radical (unpaired) electrons. The summed E-state index contributed by atoms with van der Waals surface area (Å²) >= 11 is 0. The Morgan fingerprint density at radius 1 is 1.00 bits per heavy atom. The third kappa shape index (κ3) is 4.36. The highest BCUT2D eigenvalue weighted by atomic mass is 16.5. The average Bonchev–Trinajstić information content (AvgIpc) is 2.69. The molecule has 0 aliphatic carbocycles. The second-order valence-corrected chi connectivity index (χ2v) is 5.77. The van der Waals surface area contributed by atoms with Gasteiger partial charge in [-0.05, 0) is 48.4 Å². The van der Waals surface area contributed by atoms with Gasteiger partial charge in [-0.1, -0.05) is 30.3 Å². The first-order valence-corrected chi connectivity index (χ1v) is 8.23. The summed E-state index contributed by atoms with van der Waals surface area (Å²) in [5, 5.41) is 14.1. The molecule has 0 bridgehead atoms. The Labute approximate surface area is 152 Å². The molecule has 1 heterocycles. The van der Waals surface area contributed by atoms with E-state index in [-0.39, 0.29) is 11.6 Å². The molecule has 1 aromatic heterocycles. The van der Waals surface area contributed by atoms with E-state index >= 15 is 0 Å². The Balaban J connectivity index is 1.59. The second kappa shape index (κ2) is 8.11. The molecule has 0 fully saturated rings. The molecule has 0 atom stereocenters. The van der Waals surface area contributed by atoms with Crippen LogP contribution in [0.15, 0.2) is 60.7 Å². The molecule has 0 spiro atoms. The molecule has 0 aliphatic heterocycles. The van der Waals surface area contributed by atoms with Crippen LogP contribution in [0.4, 0.5) is 11.5 Å². The standard InChI is InChI=1S/C20H20N4O2/c1-14-5-3-4-6-17(14)22-20(25)18-11-12-19(24-23-18)21-13-15-7-9-16(26-2)10-8-15/h3-12H,13H2,1-2H3,(H,21,24)(H,22,25). The van der Waals surface area contributed by atoms with Crippen molar-refractivity contribution in [2.24, 2.45) is 0 Å². The Morgan fingerprint density at radius 2 is 1.77 bits per heavy atom. The molecule has 6 nitrogen and oxygen atoms in total. The summed E-state index contributed by atoms with van der Waals surface area (Å²) in [5.74, 6) is 1.14. The summed E-state index contributed by atoms with van der Waals surface area (Å²) in [6.45, 7) is 2.54. The molecule has 0 saturated heterocycles. The number of anilines is 2. The van der Waals surface area contributed by atoms with Crippen molar-refractivity contribution >= 4 is 17.4 Å². The Kier molecular flexibility index (Phi) is 5.43. The van der Waals surface area contributed by atoms with E-state index in [1.807, 2.05) is 55.5 Å². The van der Waals surface area contributed by atoms with Gasteiger partial charge in [0, 0.05) is 12.2 Å². The first-order valence-electron chi connectivity index (χ1n) is 8.23. The number of hydrogen-bond acceptors (Lipinski definition) is 5. The maximum Gasteiger partial charge on any atom is 0.276 e. The fourth-order valence-corrected chi connectivity index (χ4v) is 2.38. The van der Waals surface area contributed by atoms with E-state index in [0.29, 0.717) is 12.4 Å². The summed E-state index contributed by atoms with van der Waals surface area (Å²) in [6, 6.07) is 18.7. The fourth-order valence-electron chi connectivity index (χ4n) is 2.38. The minimum Gasteiger partial charge on any atom is -0.497 e. The van der Waals surface area contributed by atoms with E-state index in [1.165, 1.54) is 0 Å². The van der Waals surface area contributed by atoms with Gasteiger partial charge in [-0.15, -0.1) is 10.2 Å².